The fraction of sp³-hybridized carbons (Fsp3) is 0.619. The lowest BCUT2D eigenvalue weighted by atomic mass is 9.62. The first-order valence-corrected chi connectivity index (χ1v) is 9.42. The maximum atomic E-state index is 11.5. The number of benzene rings is 1. The van der Waals surface area contributed by atoms with Crippen LogP contribution in [-0.4, -0.2) is 24.3 Å². The van der Waals surface area contributed by atoms with Gasteiger partial charge in [0.1, 0.15) is 0 Å². The zero-order valence-electron chi connectivity index (χ0n) is 15.6. The Morgan fingerprint density at radius 3 is 2.38 bits per heavy atom. The average Bonchev–Trinajstić information content (AvgIpc) is 3.15. The van der Waals surface area contributed by atoms with Crippen LogP contribution in [0.2, 0.25) is 0 Å². The Labute approximate surface area is 154 Å². The molecular weight excluding hydrogens is 330 g/mol. The van der Waals surface area contributed by atoms with Gasteiger partial charge in [-0.2, -0.15) is 5.26 Å². The smallest absolute Gasteiger partial charge is 0.309 e. The van der Waals surface area contributed by atoms with E-state index in [2.05, 4.69) is 6.07 Å². The number of ether oxygens (including phenoxy) is 2. The van der Waals surface area contributed by atoms with E-state index >= 15 is 0 Å². The van der Waals surface area contributed by atoms with Crippen molar-refractivity contribution in [1.82, 2.24) is 0 Å². The maximum Gasteiger partial charge on any atom is 0.309 e. The average molecular weight is 357 g/mol. The van der Waals surface area contributed by atoms with Crippen LogP contribution in [0, 0.1) is 16.7 Å². The van der Waals surface area contributed by atoms with Crippen LogP contribution in [0.1, 0.15) is 63.9 Å². The van der Waals surface area contributed by atoms with Gasteiger partial charge in [-0.15, -0.1) is 0 Å². The van der Waals surface area contributed by atoms with Gasteiger partial charge in [0, 0.05) is 0 Å². The van der Waals surface area contributed by atoms with Crippen molar-refractivity contribution in [3.05, 3.63) is 23.8 Å². The molecule has 0 heterocycles. The van der Waals surface area contributed by atoms with E-state index in [0.29, 0.717) is 37.2 Å². The number of nitrogens with zero attached hydrogens (tertiary/aromatic N) is 1. The lowest BCUT2D eigenvalue weighted by molar-refractivity contribution is -0.150. The van der Waals surface area contributed by atoms with Gasteiger partial charge in [0.2, 0.25) is 0 Å². The number of methoxy groups -OCH3 is 1. The molecule has 0 bridgehead atoms. The second-order valence-corrected chi connectivity index (χ2v) is 7.95. The van der Waals surface area contributed by atoms with Crippen molar-refractivity contribution in [2.75, 3.05) is 7.11 Å². The first-order chi connectivity index (χ1) is 12.4. The standard InChI is InChI=1S/C21H27NO4/c1-20(19(23)24)9-11-21(14-22,12-10-20)15-7-8-17(25-2)18(13-15)26-16-5-3-4-6-16/h7-8,13,16H,3-6,9-12H2,1-2H3,(H,23,24). The van der Waals surface area contributed by atoms with Crippen LogP contribution in [0.15, 0.2) is 18.2 Å². The summed E-state index contributed by atoms with van der Waals surface area (Å²) in [6.45, 7) is 1.78. The van der Waals surface area contributed by atoms with E-state index in [0.717, 1.165) is 18.4 Å². The molecule has 2 aliphatic rings. The first kappa shape index (κ1) is 18.6. The molecule has 0 radical (unpaired) electrons. The maximum absolute atomic E-state index is 11.5. The van der Waals surface area contributed by atoms with Crippen LogP contribution in [-0.2, 0) is 10.2 Å². The third-order valence-corrected chi connectivity index (χ3v) is 6.25. The molecule has 0 unspecified atom stereocenters. The van der Waals surface area contributed by atoms with Crippen LogP contribution in [0.5, 0.6) is 11.5 Å². The lowest BCUT2D eigenvalue weighted by Gasteiger charge is -2.39. The molecule has 0 amide bonds. The van der Waals surface area contributed by atoms with E-state index in [1.54, 1.807) is 14.0 Å². The molecule has 0 aromatic heterocycles. The van der Waals surface area contributed by atoms with Gasteiger partial charge in [0.05, 0.1) is 30.1 Å². The quantitative estimate of drug-likeness (QED) is 0.842. The minimum Gasteiger partial charge on any atom is -0.493 e. The number of hydrogen-bond donors (Lipinski definition) is 1. The molecule has 3 rings (SSSR count). The normalized spacial score (nSPS) is 29.1. The lowest BCUT2D eigenvalue weighted by Crippen LogP contribution is -2.39. The van der Waals surface area contributed by atoms with Crippen LogP contribution in [0.25, 0.3) is 0 Å². The van der Waals surface area contributed by atoms with Gasteiger partial charge in [-0.1, -0.05) is 6.07 Å². The number of carbonyl (C=O) groups is 1. The van der Waals surface area contributed by atoms with Crippen LogP contribution >= 0.6 is 0 Å². The van der Waals surface area contributed by atoms with Crippen molar-refractivity contribution >= 4 is 5.97 Å². The van der Waals surface area contributed by atoms with Crippen molar-refractivity contribution in [3.8, 4) is 17.6 Å². The third kappa shape index (κ3) is 3.38. The SMILES string of the molecule is COc1ccc(C2(C#N)CCC(C)(C(=O)O)CC2)cc1OC1CCCC1. The molecule has 2 saturated carbocycles. The van der Waals surface area contributed by atoms with Crippen molar-refractivity contribution < 1.29 is 19.4 Å². The molecule has 5 heteroatoms. The summed E-state index contributed by atoms with van der Waals surface area (Å²) in [6.07, 6.45) is 6.76. The van der Waals surface area contributed by atoms with Crippen molar-refractivity contribution in [2.24, 2.45) is 5.41 Å². The highest BCUT2D eigenvalue weighted by molar-refractivity contribution is 5.74. The fourth-order valence-corrected chi connectivity index (χ4v) is 4.16. The summed E-state index contributed by atoms with van der Waals surface area (Å²) >= 11 is 0. The molecule has 1 aromatic carbocycles. The molecule has 1 aromatic rings. The molecule has 26 heavy (non-hydrogen) atoms. The van der Waals surface area contributed by atoms with E-state index in [4.69, 9.17) is 9.47 Å². The Kier molecular flexibility index (Phi) is 5.13. The highest BCUT2D eigenvalue weighted by Crippen LogP contribution is 2.48. The number of carboxylic acids is 1. The summed E-state index contributed by atoms with van der Waals surface area (Å²) in [7, 11) is 1.62. The van der Waals surface area contributed by atoms with Gasteiger partial charge in [0.15, 0.2) is 11.5 Å². The van der Waals surface area contributed by atoms with Gasteiger partial charge < -0.3 is 14.6 Å². The summed E-state index contributed by atoms with van der Waals surface area (Å²) in [6, 6.07) is 8.20. The first-order valence-electron chi connectivity index (χ1n) is 9.42. The predicted molar refractivity (Wildman–Crippen MR) is 97.4 cm³/mol. The second kappa shape index (κ2) is 7.19. The number of rotatable bonds is 5. The summed E-state index contributed by atoms with van der Waals surface area (Å²) in [5.41, 5.74) is -0.494. The number of nitriles is 1. The Bertz CT molecular complexity index is 707. The number of hydrogen-bond acceptors (Lipinski definition) is 4. The summed E-state index contributed by atoms with van der Waals surface area (Å²) < 4.78 is 11.6. The summed E-state index contributed by atoms with van der Waals surface area (Å²) in [4.78, 5) is 11.5. The second-order valence-electron chi connectivity index (χ2n) is 7.95. The molecule has 0 atom stereocenters. The van der Waals surface area contributed by atoms with Crippen LogP contribution in [0.3, 0.4) is 0 Å². The molecular formula is C21H27NO4. The topological polar surface area (TPSA) is 79.5 Å². The van der Waals surface area contributed by atoms with Crippen LogP contribution < -0.4 is 9.47 Å². The highest BCUT2D eigenvalue weighted by Gasteiger charge is 2.45. The zero-order chi connectivity index (χ0) is 18.8. The highest BCUT2D eigenvalue weighted by atomic mass is 16.5. The summed E-state index contributed by atoms with van der Waals surface area (Å²) in [5.74, 6) is 0.599. The monoisotopic (exact) mass is 357 g/mol. The Balaban J connectivity index is 1.87. The van der Waals surface area contributed by atoms with Crippen molar-refractivity contribution in [3.63, 3.8) is 0 Å². The van der Waals surface area contributed by atoms with Crippen LogP contribution in [0.4, 0.5) is 0 Å². The van der Waals surface area contributed by atoms with Gasteiger partial charge in [-0.25, -0.2) is 0 Å². The Morgan fingerprint density at radius 2 is 1.85 bits per heavy atom. The third-order valence-electron chi connectivity index (χ3n) is 6.25. The minimum absolute atomic E-state index is 0.207. The molecule has 2 aliphatic carbocycles. The minimum atomic E-state index is -0.774. The molecule has 0 spiro atoms. The van der Waals surface area contributed by atoms with Gasteiger partial charge in [0.25, 0.3) is 0 Å². The van der Waals surface area contributed by atoms with Crippen molar-refractivity contribution in [2.45, 2.75) is 69.8 Å². The zero-order valence-corrected chi connectivity index (χ0v) is 15.6. The molecule has 1 N–H and O–H groups in total. The van der Waals surface area contributed by atoms with Crippen molar-refractivity contribution in [1.29, 1.82) is 5.26 Å². The van der Waals surface area contributed by atoms with E-state index in [1.165, 1.54) is 12.8 Å². The largest absolute Gasteiger partial charge is 0.493 e. The molecule has 0 saturated heterocycles. The molecule has 0 aliphatic heterocycles. The predicted octanol–water partition coefficient (Wildman–Crippen LogP) is 4.44. The van der Waals surface area contributed by atoms with E-state index < -0.39 is 16.8 Å². The van der Waals surface area contributed by atoms with E-state index in [9.17, 15) is 15.2 Å². The molecule has 2 fully saturated rings. The Morgan fingerprint density at radius 1 is 1.19 bits per heavy atom. The van der Waals surface area contributed by atoms with Gasteiger partial charge >= 0.3 is 5.97 Å². The fourth-order valence-electron chi connectivity index (χ4n) is 4.16. The van der Waals surface area contributed by atoms with Gasteiger partial charge in [-0.05, 0) is 76.0 Å². The molecule has 5 nitrogen and oxygen atoms in total. The Hall–Kier alpha value is -2.22. The number of carboxylic acid groups (broad SMARTS) is 1. The van der Waals surface area contributed by atoms with Gasteiger partial charge in [-0.3, -0.25) is 4.79 Å². The molecule has 140 valence electrons. The van der Waals surface area contributed by atoms with E-state index in [-0.39, 0.29) is 6.10 Å². The summed E-state index contributed by atoms with van der Waals surface area (Å²) in [5, 5.41) is 19.4. The van der Waals surface area contributed by atoms with E-state index in [1.807, 2.05) is 18.2 Å². The number of aliphatic carboxylic acids is 1.